The molecule has 3 nitrogen and oxygen atoms in total. The largest absolute Gasteiger partial charge is 0.508 e. The minimum Gasteiger partial charge on any atom is -0.508 e. The predicted octanol–water partition coefficient (Wildman–Crippen LogP) is 1.56. The molecule has 64 valence electrons. The Morgan fingerprint density at radius 2 is 2.17 bits per heavy atom. The molecule has 3 N–H and O–H groups in total. The van der Waals surface area contributed by atoms with Crippen LogP contribution in [-0.4, -0.2) is 11.0 Å². The first-order valence-corrected chi connectivity index (χ1v) is 4.10. The van der Waals surface area contributed by atoms with Crippen molar-refractivity contribution in [3.63, 3.8) is 0 Å². The van der Waals surface area contributed by atoms with E-state index in [1.165, 1.54) is 6.07 Å². The van der Waals surface area contributed by atoms with E-state index in [1.54, 1.807) is 13.0 Å². The van der Waals surface area contributed by atoms with E-state index in [9.17, 15) is 9.90 Å². The molecule has 0 unspecified atom stereocenters. The van der Waals surface area contributed by atoms with Gasteiger partial charge < -0.3 is 10.8 Å². The lowest BCUT2D eigenvalue weighted by molar-refractivity contribution is 0.0999. The molecule has 0 spiro atoms. The fourth-order valence-electron chi connectivity index (χ4n) is 0.921. The maximum Gasteiger partial charge on any atom is 0.249 e. The van der Waals surface area contributed by atoms with Gasteiger partial charge >= 0.3 is 0 Å². The van der Waals surface area contributed by atoms with Crippen molar-refractivity contribution in [3.8, 4) is 5.75 Å². The second-order valence-electron chi connectivity index (χ2n) is 2.46. The fraction of sp³-hybridized carbons (Fsp3) is 0.125. The van der Waals surface area contributed by atoms with Crippen LogP contribution in [0.25, 0.3) is 0 Å². The van der Waals surface area contributed by atoms with E-state index < -0.39 is 5.91 Å². The van der Waals surface area contributed by atoms with E-state index >= 15 is 0 Å². The number of hydrogen-bond donors (Lipinski definition) is 2. The van der Waals surface area contributed by atoms with E-state index in [2.05, 4.69) is 15.9 Å². The number of primary amides is 1. The minimum atomic E-state index is -0.538. The van der Waals surface area contributed by atoms with E-state index in [4.69, 9.17) is 5.73 Å². The highest BCUT2D eigenvalue weighted by Gasteiger charge is 2.09. The summed E-state index contributed by atoms with van der Waals surface area (Å²) < 4.78 is 0.638. The summed E-state index contributed by atoms with van der Waals surface area (Å²) in [6, 6.07) is 3.10. The number of aromatic hydroxyl groups is 1. The topological polar surface area (TPSA) is 63.3 Å². The molecule has 1 amide bonds. The van der Waals surface area contributed by atoms with Crippen molar-refractivity contribution in [1.29, 1.82) is 0 Å². The number of hydrogen-bond acceptors (Lipinski definition) is 2. The normalized spacial score (nSPS) is 9.83. The van der Waals surface area contributed by atoms with Gasteiger partial charge in [-0.2, -0.15) is 0 Å². The number of phenols is 1. The van der Waals surface area contributed by atoms with Crippen LogP contribution in [0.2, 0.25) is 0 Å². The number of halogens is 1. The number of amides is 1. The lowest BCUT2D eigenvalue weighted by Crippen LogP contribution is -2.12. The zero-order chi connectivity index (χ0) is 9.30. The molecule has 0 aliphatic rings. The molecule has 12 heavy (non-hydrogen) atoms. The summed E-state index contributed by atoms with van der Waals surface area (Å²) >= 11 is 3.15. The average Bonchev–Trinajstić information content (AvgIpc) is 1.96. The Bertz CT molecular complexity index is 336. The van der Waals surface area contributed by atoms with Crippen LogP contribution in [-0.2, 0) is 0 Å². The molecule has 1 rings (SSSR count). The van der Waals surface area contributed by atoms with Gasteiger partial charge in [0.1, 0.15) is 5.75 Å². The Morgan fingerprint density at radius 3 is 2.67 bits per heavy atom. The molecule has 0 radical (unpaired) electrons. The number of benzene rings is 1. The number of rotatable bonds is 1. The van der Waals surface area contributed by atoms with Crippen LogP contribution in [0.5, 0.6) is 5.75 Å². The first-order valence-electron chi connectivity index (χ1n) is 3.31. The Kier molecular flexibility index (Phi) is 2.38. The highest BCUT2D eigenvalue weighted by molar-refractivity contribution is 9.10. The van der Waals surface area contributed by atoms with Crippen LogP contribution in [0.4, 0.5) is 0 Å². The third-order valence-electron chi connectivity index (χ3n) is 1.61. The van der Waals surface area contributed by atoms with Gasteiger partial charge in [-0.05, 0) is 19.1 Å². The average molecular weight is 230 g/mol. The monoisotopic (exact) mass is 229 g/mol. The summed E-state index contributed by atoms with van der Waals surface area (Å²) in [5, 5.41) is 9.29. The molecule has 0 bridgehead atoms. The maximum atomic E-state index is 10.8. The van der Waals surface area contributed by atoms with Crippen LogP contribution < -0.4 is 5.73 Å². The standard InChI is InChI=1S/C8H8BrNO2/c1-4-6(8(10)12)2-5(9)3-7(4)11/h2-3,11H,1H3,(H2,10,12). The summed E-state index contributed by atoms with van der Waals surface area (Å²) in [5.74, 6) is -0.470. The summed E-state index contributed by atoms with van der Waals surface area (Å²) in [7, 11) is 0. The van der Waals surface area contributed by atoms with Crippen molar-refractivity contribution in [3.05, 3.63) is 27.7 Å². The van der Waals surface area contributed by atoms with Gasteiger partial charge in [-0.15, -0.1) is 0 Å². The van der Waals surface area contributed by atoms with Crippen molar-refractivity contribution >= 4 is 21.8 Å². The molecular formula is C8H8BrNO2. The molecule has 0 aliphatic heterocycles. The van der Waals surface area contributed by atoms with Crippen LogP contribution in [0.3, 0.4) is 0 Å². The second-order valence-corrected chi connectivity index (χ2v) is 3.38. The molecular weight excluding hydrogens is 222 g/mol. The highest BCUT2D eigenvalue weighted by Crippen LogP contribution is 2.25. The Balaban J connectivity index is 3.37. The Hall–Kier alpha value is -1.03. The lowest BCUT2D eigenvalue weighted by atomic mass is 10.1. The first kappa shape index (κ1) is 9.06. The fourth-order valence-corrected chi connectivity index (χ4v) is 1.37. The first-order chi connectivity index (χ1) is 5.52. The Labute approximate surface area is 78.3 Å². The van der Waals surface area contributed by atoms with Gasteiger partial charge in [0.15, 0.2) is 0 Å². The van der Waals surface area contributed by atoms with Crippen LogP contribution in [0.15, 0.2) is 16.6 Å². The van der Waals surface area contributed by atoms with Gasteiger partial charge in [0, 0.05) is 15.6 Å². The van der Waals surface area contributed by atoms with Gasteiger partial charge in [0.05, 0.1) is 0 Å². The number of carbonyl (C=O) groups excluding carboxylic acids is 1. The van der Waals surface area contributed by atoms with E-state index in [0.717, 1.165) is 0 Å². The minimum absolute atomic E-state index is 0.0678. The molecule has 4 heteroatoms. The summed E-state index contributed by atoms with van der Waals surface area (Å²) in [5.41, 5.74) is 5.92. The molecule has 0 saturated carbocycles. The number of carbonyl (C=O) groups is 1. The molecule has 0 aromatic heterocycles. The lowest BCUT2D eigenvalue weighted by Gasteiger charge is -2.04. The van der Waals surface area contributed by atoms with Crippen molar-refractivity contribution < 1.29 is 9.90 Å². The van der Waals surface area contributed by atoms with Crippen molar-refractivity contribution in [1.82, 2.24) is 0 Å². The van der Waals surface area contributed by atoms with Gasteiger partial charge in [-0.3, -0.25) is 4.79 Å². The highest BCUT2D eigenvalue weighted by atomic mass is 79.9. The number of phenolic OH excluding ortho intramolecular Hbond substituents is 1. The van der Waals surface area contributed by atoms with Crippen LogP contribution in [0.1, 0.15) is 15.9 Å². The maximum absolute atomic E-state index is 10.8. The number of nitrogens with two attached hydrogens (primary N) is 1. The third-order valence-corrected chi connectivity index (χ3v) is 2.07. The molecule has 1 aromatic rings. The molecule has 1 aromatic carbocycles. The van der Waals surface area contributed by atoms with Crippen LogP contribution >= 0.6 is 15.9 Å². The van der Waals surface area contributed by atoms with Gasteiger partial charge in [0.25, 0.3) is 0 Å². The van der Waals surface area contributed by atoms with E-state index in [-0.39, 0.29) is 5.75 Å². The Morgan fingerprint density at radius 1 is 1.58 bits per heavy atom. The van der Waals surface area contributed by atoms with Crippen molar-refractivity contribution in [2.24, 2.45) is 5.73 Å². The van der Waals surface area contributed by atoms with Crippen molar-refractivity contribution in [2.75, 3.05) is 0 Å². The van der Waals surface area contributed by atoms with E-state index in [0.29, 0.717) is 15.6 Å². The predicted molar refractivity (Wildman–Crippen MR) is 49.1 cm³/mol. The second kappa shape index (κ2) is 3.15. The summed E-state index contributed by atoms with van der Waals surface area (Å²) in [6.07, 6.45) is 0. The third kappa shape index (κ3) is 1.58. The summed E-state index contributed by atoms with van der Waals surface area (Å²) in [6.45, 7) is 1.64. The molecule has 0 fully saturated rings. The smallest absolute Gasteiger partial charge is 0.249 e. The van der Waals surface area contributed by atoms with Gasteiger partial charge in [0.2, 0.25) is 5.91 Å². The molecule has 0 aliphatic carbocycles. The quantitative estimate of drug-likeness (QED) is 0.768. The van der Waals surface area contributed by atoms with Gasteiger partial charge in [-0.25, -0.2) is 0 Å². The summed E-state index contributed by atoms with van der Waals surface area (Å²) in [4.78, 5) is 10.8. The van der Waals surface area contributed by atoms with Gasteiger partial charge in [-0.1, -0.05) is 15.9 Å². The zero-order valence-corrected chi connectivity index (χ0v) is 8.05. The van der Waals surface area contributed by atoms with Crippen LogP contribution in [0, 0.1) is 6.92 Å². The van der Waals surface area contributed by atoms with E-state index in [1.807, 2.05) is 0 Å². The molecule has 0 saturated heterocycles. The zero-order valence-electron chi connectivity index (χ0n) is 6.47. The molecule has 0 atom stereocenters. The molecule has 0 heterocycles. The SMILES string of the molecule is Cc1c(O)cc(Br)cc1C(N)=O. The van der Waals surface area contributed by atoms with Crippen molar-refractivity contribution in [2.45, 2.75) is 6.92 Å².